The molecule has 13 rings (SSSR count). The maximum Gasteiger partial charge on any atom is 0.274 e. The van der Waals surface area contributed by atoms with Crippen molar-refractivity contribution in [1.29, 1.82) is 0 Å². The van der Waals surface area contributed by atoms with E-state index in [0.717, 1.165) is 0 Å². The predicted octanol–water partition coefficient (Wildman–Crippen LogP) is 12.7. The normalized spacial score (nSPS) is 12.1. The van der Waals surface area contributed by atoms with E-state index in [4.69, 9.17) is 45.0 Å². The number of anilines is 1. The highest BCUT2D eigenvalue weighted by molar-refractivity contribution is 9.10. The fourth-order valence-corrected chi connectivity index (χ4v) is 13.2. The molecule has 98 heavy (non-hydrogen) atoms. The summed E-state index contributed by atoms with van der Waals surface area (Å²) in [5.41, 5.74) is 11.4. The number of para-hydroxylation sites is 2. The minimum atomic E-state index is -0.596. The highest BCUT2D eigenvalue weighted by atomic mass is 79.9. The minimum absolute atomic E-state index is 0.0241. The van der Waals surface area contributed by atoms with Gasteiger partial charge in [-0.3, -0.25) is 47.7 Å². The first kappa shape index (κ1) is 68.5. The number of pyridine rings is 4. The maximum absolute atomic E-state index is 13.6. The van der Waals surface area contributed by atoms with Crippen LogP contribution in [0.25, 0.3) is 60.4 Å². The molecule has 0 radical (unpaired) electrons. The molecule has 4 amide bonds. The molecule has 13 aromatic rings. The minimum Gasteiger partial charge on any atom is -0.459 e. The summed E-state index contributed by atoms with van der Waals surface area (Å²) in [6.07, 6.45) is 6.41. The summed E-state index contributed by atoms with van der Waals surface area (Å²) in [6.45, 7) is 10.4. The van der Waals surface area contributed by atoms with Gasteiger partial charge in [0.25, 0.3) is 34.4 Å². The lowest BCUT2D eigenvalue weighted by Crippen LogP contribution is -2.37. The summed E-state index contributed by atoms with van der Waals surface area (Å²) in [5, 5.41) is 17.4. The number of hydrogen-bond donors (Lipinski definition) is 4. The van der Waals surface area contributed by atoms with E-state index in [9.17, 15) is 33.6 Å². The second kappa shape index (κ2) is 28.8. The van der Waals surface area contributed by atoms with Gasteiger partial charge in [0.1, 0.15) is 28.9 Å². The number of carbonyl (C=O) groups is 4. The van der Waals surface area contributed by atoms with E-state index in [0.29, 0.717) is 125 Å². The van der Waals surface area contributed by atoms with Crippen LogP contribution in [0.15, 0.2) is 194 Å². The molecule has 5 N–H and O–H groups in total. The third-order valence-corrected chi connectivity index (χ3v) is 18.0. The van der Waals surface area contributed by atoms with Gasteiger partial charge in [0, 0.05) is 71.5 Å². The molecule has 0 fully saturated rings. The molecular formula is C72H62BrCl3N14O8. The zero-order valence-electron chi connectivity index (χ0n) is 53.9. The third kappa shape index (κ3) is 13.7. The zero-order valence-corrected chi connectivity index (χ0v) is 57.8. The molecule has 496 valence electrons. The number of nitrogens with two attached hydrogens (primary N) is 1. The summed E-state index contributed by atoms with van der Waals surface area (Å²) in [7, 11) is 3.24. The van der Waals surface area contributed by atoms with Crippen LogP contribution in [0.2, 0.25) is 15.1 Å². The lowest BCUT2D eigenvalue weighted by atomic mass is 10.1. The van der Waals surface area contributed by atoms with Crippen LogP contribution in [0.3, 0.4) is 0 Å². The average Bonchev–Trinajstić information content (AvgIpc) is 0.979. The van der Waals surface area contributed by atoms with Crippen LogP contribution in [-0.2, 0) is 11.3 Å². The smallest absolute Gasteiger partial charge is 0.274 e. The van der Waals surface area contributed by atoms with Gasteiger partial charge in [-0.25, -0.2) is 19.5 Å². The first-order valence-electron chi connectivity index (χ1n) is 30.6. The van der Waals surface area contributed by atoms with Gasteiger partial charge in [0.15, 0.2) is 22.7 Å². The number of likely N-dealkylation sites (N-methyl/N-ethyl adjacent to an activating group) is 1. The van der Waals surface area contributed by atoms with Gasteiger partial charge in [-0.1, -0.05) is 108 Å². The zero-order chi connectivity index (χ0) is 70.0. The van der Waals surface area contributed by atoms with Crippen LogP contribution in [0.1, 0.15) is 104 Å². The number of fused-ring (bicyclic) bond motifs is 5. The number of amides is 4. The first-order chi connectivity index (χ1) is 46.9. The Morgan fingerprint density at radius 2 is 1.16 bits per heavy atom. The Bertz CT molecular complexity index is 5510. The number of furan rings is 1. The maximum atomic E-state index is 13.6. The Hall–Kier alpha value is -10.9. The summed E-state index contributed by atoms with van der Waals surface area (Å²) >= 11 is 22.7. The van der Waals surface area contributed by atoms with Crippen molar-refractivity contribution < 1.29 is 23.6 Å². The van der Waals surface area contributed by atoms with Crippen LogP contribution < -0.4 is 38.4 Å². The van der Waals surface area contributed by atoms with Gasteiger partial charge in [-0.05, 0) is 141 Å². The average molecular weight is 1440 g/mol. The van der Waals surface area contributed by atoms with Gasteiger partial charge in [-0.15, -0.1) is 0 Å². The van der Waals surface area contributed by atoms with Gasteiger partial charge in [0.05, 0.1) is 66.4 Å². The molecule has 0 saturated carbocycles. The standard InChI is InChI=1S/C26H20ClN3O3.C23H19BrClN5O2.C23H23ClN6O3/c1-15(29-25(31)22-16(2)33-21-12-7-13-28-24(21)22)20-14-17-8-6-11-19(27)23(17)26(32)30(20)18-9-4-3-5-10-18;1-12-11-27-19(21(26)28-12)22(31)29-13(2)20-18(24)15-9-6-10-16(25)17(15)23(32)30(20)14-7-4-3-5-8-14;1-13(26-22(32)19-14(2)27-30-10-6-9-25-21(19)30)17-11-15-7-5-8-16(24)20(15)23(33)29(17)12-18(31)28(3)4/h3-15H,1-2H3,(H,29,31);3-11,13H,1-2H3,(H2,26,28)(H,29,31);5-11,13H,12H2,1-4H3,(H,26,32)/t15-;2*13-/m000/s1. The van der Waals surface area contributed by atoms with Crippen molar-refractivity contribution in [2.24, 2.45) is 0 Å². The topological polar surface area (TPSA) is 282 Å². The van der Waals surface area contributed by atoms with Crippen LogP contribution in [0.4, 0.5) is 5.82 Å². The van der Waals surface area contributed by atoms with Gasteiger partial charge in [-0.2, -0.15) is 5.10 Å². The molecule has 3 atom stereocenters. The molecule has 26 heteroatoms. The Kier molecular flexibility index (Phi) is 20.2. The molecule has 8 heterocycles. The molecule has 0 bridgehead atoms. The number of rotatable bonds is 13. The van der Waals surface area contributed by atoms with Crippen LogP contribution in [0.5, 0.6) is 0 Å². The molecule has 0 saturated heterocycles. The Morgan fingerprint density at radius 1 is 0.612 bits per heavy atom. The lowest BCUT2D eigenvalue weighted by Gasteiger charge is -2.23. The molecule has 0 aliphatic carbocycles. The quantitative estimate of drug-likeness (QED) is 0.0835. The highest BCUT2D eigenvalue weighted by Crippen LogP contribution is 2.35. The second-order valence-electron chi connectivity index (χ2n) is 23.1. The summed E-state index contributed by atoms with van der Waals surface area (Å²) in [6, 6.07) is 41.5. The van der Waals surface area contributed by atoms with Gasteiger partial charge < -0.3 is 35.6 Å². The van der Waals surface area contributed by atoms with E-state index in [2.05, 4.69) is 56.9 Å². The molecule has 8 aromatic heterocycles. The number of hydrogen-bond acceptors (Lipinski definition) is 14. The molecule has 22 nitrogen and oxygen atoms in total. The van der Waals surface area contributed by atoms with Crippen molar-refractivity contribution >= 4 is 129 Å². The SMILES string of the molecule is Cc1cnc(C(=O)N[C@@H](C)c2c(Br)c3cccc(Cl)c3c(=O)n2-c2ccccc2)c(N)n1.Cc1nn2cccnc2c1C(=O)N[C@@H](C)c1cc2cccc(Cl)c2c(=O)n1CC(=O)N(C)C.Cc1oc2cccnc2c1C(=O)N[C@@H](C)c1cc2cccc(Cl)c2c(=O)n1-c1ccccc1. The van der Waals surface area contributed by atoms with Crippen LogP contribution in [0, 0.1) is 20.8 Å². The number of carbonyl (C=O) groups excluding carboxylic acids is 4. The highest BCUT2D eigenvalue weighted by Gasteiger charge is 2.28. The third-order valence-electron chi connectivity index (χ3n) is 16.2. The Labute approximate surface area is 582 Å². The number of benzene rings is 5. The largest absolute Gasteiger partial charge is 0.459 e. The molecule has 0 aliphatic heterocycles. The molecule has 0 aliphatic rings. The predicted molar refractivity (Wildman–Crippen MR) is 384 cm³/mol. The fourth-order valence-electron chi connectivity index (χ4n) is 11.5. The number of nitrogen functional groups attached to an aromatic ring is 1. The van der Waals surface area contributed by atoms with Gasteiger partial charge in [0.2, 0.25) is 5.91 Å². The first-order valence-corrected chi connectivity index (χ1v) is 32.5. The van der Waals surface area contributed by atoms with E-state index in [1.165, 1.54) is 15.7 Å². The van der Waals surface area contributed by atoms with E-state index in [-0.39, 0.29) is 46.9 Å². The number of aromatic nitrogens is 9. The van der Waals surface area contributed by atoms with Crippen molar-refractivity contribution in [3.8, 4) is 11.4 Å². The van der Waals surface area contributed by atoms with Gasteiger partial charge >= 0.3 is 0 Å². The van der Waals surface area contributed by atoms with Crippen LogP contribution in [-0.4, -0.2) is 85.9 Å². The molecular weight excluding hydrogens is 1380 g/mol. The molecule has 0 spiro atoms. The van der Waals surface area contributed by atoms with E-state index in [1.54, 1.807) is 148 Å². The van der Waals surface area contributed by atoms with Crippen molar-refractivity contribution in [2.75, 3.05) is 19.8 Å². The van der Waals surface area contributed by atoms with Crippen molar-refractivity contribution in [3.05, 3.63) is 272 Å². The van der Waals surface area contributed by atoms with Crippen molar-refractivity contribution in [3.63, 3.8) is 0 Å². The fraction of sp³-hybridized carbons (Fsp3) is 0.167. The Morgan fingerprint density at radius 3 is 1.80 bits per heavy atom. The second-order valence-corrected chi connectivity index (χ2v) is 25.1. The molecule has 5 aromatic carbocycles. The van der Waals surface area contributed by atoms with E-state index >= 15 is 0 Å². The monoisotopic (exact) mass is 1430 g/mol. The number of aryl methyl sites for hydroxylation is 3. The summed E-state index contributed by atoms with van der Waals surface area (Å²) in [4.78, 5) is 110. The summed E-state index contributed by atoms with van der Waals surface area (Å²) < 4.78 is 12.4. The summed E-state index contributed by atoms with van der Waals surface area (Å²) in [5.74, 6) is -0.925. The van der Waals surface area contributed by atoms with Crippen LogP contribution >= 0.6 is 50.7 Å². The van der Waals surface area contributed by atoms with E-state index < -0.39 is 29.6 Å². The number of halogens is 4. The lowest BCUT2D eigenvalue weighted by molar-refractivity contribution is -0.129. The van der Waals surface area contributed by atoms with Crippen molar-refractivity contribution in [2.45, 2.75) is 66.2 Å². The molecule has 0 unspecified atom stereocenters. The number of nitrogens with zero attached hydrogens (tertiary/aromatic N) is 10. The Balaban J connectivity index is 0.000000149. The van der Waals surface area contributed by atoms with E-state index in [1.807, 2.05) is 85.8 Å². The van der Waals surface area contributed by atoms with Crippen molar-refractivity contribution in [1.82, 2.24) is 64.1 Å². The number of nitrogens with one attached hydrogen (secondary N) is 3.